The Kier molecular flexibility index (Phi) is 4.22. The first-order chi connectivity index (χ1) is 10.3. The Hall–Kier alpha value is -1.85. The number of halogens is 1. The van der Waals surface area contributed by atoms with Gasteiger partial charge < -0.3 is 10.1 Å². The summed E-state index contributed by atoms with van der Waals surface area (Å²) in [5.74, 6) is 2.13. The van der Waals surface area contributed by atoms with E-state index in [1.165, 1.54) is 0 Å². The van der Waals surface area contributed by atoms with Crippen LogP contribution in [0.2, 0.25) is 5.02 Å². The summed E-state index contributed by atoms with van der Waals surface area (Å²) in [7, 11) is 0. The zero-order valence-corrected chi connectivity index (χ0v) is 13.0. The number of anilines is 1. The molecule has 0 unspecified atom stereocenters. The van der Waals surface area contributed by atoms with Crippen LogP contribution >= 0.6 is 22.9 Å². The van der Waals surface area contributed by atoms with Crippen molar-refractivity contribution in [2.24, 2.45) is 0 Å². The average molecular weight is 320 g/mol. The third-order valence-corrected chi connectivity index (χ3v) is 4.03. The summed E-state index contributed by atoms with van der Waals surface area (Å²) < 4.78 is 5.70. The summed E-state index contributed by atoms with van der Waals surface area (Å²) in [4.78, 5) is 10.0. The summed E-state index contributed by atoms with van der Waals surface area (Å²) >= 11 is 7.67. The van der Waals surface area contributed by atoms with Crippen LogP contribution in [0.3, 0.4) is 0 Å². The molecule has 3 aromatic rings. The van der Waals surface area contributed by atoms with Crippen molar-refractivity contribution >= 4 is 39.0 Å². The summed E-state index contributed by atoms with van der Waals surface area (Å²) in [6.45, 7) is 3.14. The van der Waals surface area contributed by atoms with Crippen LogP contribution in [0.5, 0.6) is 5.75 Å². The molecule has 0 radical (unpaired) electrons. The van der Waals surface area contributed by atoms with Crippen molar-refractivity contribution in [3.63, 3.8) is 0 Å². The predicted octanol–water partition coefficient (Wildman–Crippen LogP) is 4.36. The zero-order valence-electron chi connectivity index (χ0n) is 11.5. The highest BCUT2D eigenvalue weighted by molar-refractivity contribution is 7.16. The maximum absolute atomic E-state index is 6.07. The molecular formula is C15H14ClN3OS. The number of para-hydroxylation sites is 1. The van der Waals surface area contributed by atoms with E-state index in [1.54, 1.807) is 17.4 Å². The molecular weight excluding hydrogens is 306 g/mol. The summed E-state index contributed by atoms with van der Waals surface area (Å²) in [6, 6.07) is 9.40. The quantitative estimate of drug-likeness (QED) is 0.759. The lowest BCUT2D eigenvalue weighted by Gasteiger charge is -2.09. The van der Waals surface area contributed by atoms with E-state index in [0.717, 1.165) is 22.6 Å². The molecule has 3 rings (SSSR count). The lowest BCUT2D eigenvalue weighted by Crippen LogP contribution is -2.06. The number of rotatable bonds is 5. The van der Waals surface area contributed by atoms with E-state index < -0.39 is 0 Å². The van der Waals surface area contributed by atoms with Gasteiger partial charge in [0.2, 0.25) is 0 Å². The van der Waals surface area contributed by atoms with E-state index in [1.807, 2.05) is 36.6 Å². The zero-order chi connectivity index (χ0) is 14.7. The Morgan fingerprint density at radius 3 is 2.90 bits per heavy atom. The first-order valence-electron chi connectivity index (χ1n) is 6.63. The molecule has 21 heavy (non-hydrogen) atoms. The van der Waals surface area contributed by atoms with Gasteiger partial charge in [-0.3, -0.25) is 0 Å². The second-order valence-corrected chi connectivity index (χ2v) is 5.68. The fourth-order valence-corrected chi connectivity index (χ4v) is 2.94. The molecule has 2 aromatic heterocycles. The smallest absolute Gasteiger partial charge is 0.169 e. The maximum Gasteiger partial charge on any atom is 0.169 e. The van der Waals surface area contributed by atoms with Gasteiger partial charge in [-0.1, -0.05) is 23.7 Å². The monoisotopic (exact) mass is 319 g/mol. The molecule has 4 nitrogen and oxygen atoms in total. The van der Waals surface area contributed by atoms with Gasteiger partial charge in [-0.2, -0.15) is 0 Å². The van der Waals surface area contributed by atoms with Gasteiger partial charge in [-0.15, -0.1) is 11.3 Å². The standard InChI is InChI=1S/C15H14ClN3OS/c1-2-17-14-10-7-8-21-15(10)19-13(18-14)9-20-12-6-4-3-5-11(12)16/h3-8H,2,9H2,1H3,(H,17,18,19). The van der Waals surface area contributed by atoms with E-state index in [2.05, 4.69) is 15.3 Å². The van der Waals surface area contributed by atoms with E-state index >= 15 is 0 Å². The highest BCUT2D eigenvalue weighted by Crippen LogP contribution is 2.27. The normalized spacial score (nSPS) is 10.8. The summed E-state index contributed by atoms with van der Waals surface area (Å²) in [6.07, 6.45) is 0. The van der Waals surface area contributed by atoms with E-state index in [4.69, 9.17) is 16.3 Å². The molecule has 0 fully saturated rings. The largest absolute Gasteiger partial charge is 0.484 e. The minimum atomic E-state index is 0.288. The SMILES string of the molecule is CCNc1nc(COc2ccccc2Cl)nc2sccc12. The van der Waals surface area contributed by atoms with Crippen molar-refractivity contribution in [1.29, 1.82) is 0 Å². The minimum Gasteiger partial charge on any atom is -0.484 e. The molecule has 0 saturated heterocycles. The third kappa shape index (κ3) is 3.09. The van der Waals surface area contributed by atoms with Gasteiger partial charge in [0, 0.05) is 6.54 Å². The molecule has 108 valence electrons. The Labute approximate surface area is 131 Å². The molecule has 0 aliphatic rings. The molecule has 1 N–H and O–H groups in total. The number of hydrogen-bond acceptors (Lipinski definition) is 5. The van der Waals surface area contributed by atoms with E-state index in [-0.39, 0.29) is 6.61 Å². The minimum absolute atomic E-state index is 0.288. The fourth-order valence-electron chi connectivity index (χ4n) is 1.97. The van der Waals surface area contributed by atoms with Gasteiger partial charge in [0.05, 0.1) is 10.4 Å². The van der Waals surface area contributed by atoms with Crippen LogP contribution in [0, 0.1) is 0 Å². The van der Waals surface area contributed by atoms with Gasteiger partial charge in [0.1, 0.15) is 23.0 Å². The van der Waals surface area contributed by atoms with Crippen LogP contribution in [-0.2, 0) is 6.61 Å². The number of ether oxygens (including phenoxy) is 1. The Balaban J connectivity index is 1.85. The number of thiophene rings is 1. The van der Waals surface area contributed by atoms with Crippen LogP contribution in [0.25, 0.3) is 10.2 Å². The van der Waals surface area contributed by atoms with Crippen molar-refractivity contribution in [3.8, 4) is 5.75 Å². The molecule has 0 amide bonds. The Morgan fingerprint density at radius 1 is 1.24 bits per heavy atom. The van der Waals surface area contributed by atoms with E-state index in [9.17, 15) is 0 Å². The van der Waals surface area contributed by atoms with Crippen molar-refractivity contribution < 1.29 is 4.74 Å². The maximum atomic E-state index is 6.07. The summed E-state index contributed by atoms with van der Waals surface area (Å²) in [5.41, 5.74) is 0. The first-order valence-corrected chi connectivity index (χ1v) is 7.89. The van der Waals surface area contributed by atoms with Crippen LogP contribution in [-0.4, -0.2) is 16.5 Å². The van der Waals surface area contributed by atoms with Gasteiger partial charge in [-0.05, 0) is 30.5 Å². The second kappa shape index (κ2) is 6.28. The molecule has 1 aromatic carbocycles. The molecule has 0 saturated carbocycles. The lowest BCUT2D eigenvalue weighted by atomic mass is 10.3. The second-order valence-electron chi connectivity index (χ2n) is 4.38. The number of hydrogen-bond donors (Lipinski definition) is 1. The molecule has 6 heteroatoms. The first kappa shape index (κ1) is 14.1. The molecule has 0 spiro atoms. The highest BCUT2D eigenvalue weighted by atomic mass is 35.5. The number of nitrogens with one attached hydrogen (secondary N) is 1. The highest BCUT2D eigenvalue weighted by Gasteiger charge is 2.09. The summed E-state index contributed by atoms with van der Waals surface area (Å²) in [5, 5.41) is 6.90. The van der Waals surface area contributed by atoms with Crippen molar-refractivity contribution in [1.82, 2.24) is 9.97 Å². The Bertz CT molecular complexity index is 760. The lowest BCUT2D eigenvalue weighted by molar-refractivity contribution is 0.297. The topological polar surface area (TPSA) is 47.0 Å². The van der Waals surface area contributed by atoms with Gasteiger partial charge in [0.15, 0.2) is 5.82 Å². The predicted molar refractivity (Wildman–Crippen MR) is 87.4 cm³/mol. The molecule has 0 atom stereocenters. The number of nitrogens with zero attached hydrogens (tertiary/aromatic N) is 2. The van der Waals surface area contributed by atoms with Gasteiger partial charge in [-0.25, -0.2) is 9.97 Å². The molecule has 0 bridgehead atoms. The van der Waals surface area contributed by atoms with Gasteiger partial charge in [0.25, 0.3) is 0 Å². The van der Waals surface area contributed by atoms with Crippen molar-refractivity contribution in [3.05, 3.63) is 46.6 Å². The molecule has 0 aliphatic carbocycles. The number of fused-ring (bicyclic) bond motifs is 1. The van der Waals surface area contributed by atoms with Crippen LogP contribution in [0.1, 0.15) is 12.7 Å². The Morgan fingerprint density at radius 2 is 2.10 bits per heavy atom. The van der Waals surface area contributed by atoms with Crippen LogP contribution < -0.4 is 10.1 Å². The van der Waals surface area contributed by atoms with Crippen molar-refractivity contribution in [2.45, 2.75) is 13.5 Å². The number of aromatic nitrogens is 2. The fraction of sp³-hybridized carbons (Fsp3) is 0.200. The number of benzene rings is 1. The van der Waals surface area contributed by atoms with Crippen LogP contribution in [0.4, 0.5) is 5.82 Å². The molecule has 0 aliphatic heterocycles. The average Bonchev–Trinajstić information content (AvgIpc) is 2.95. The van der Waals surface area contributed by atoms with Gasteiger partial charge >= 0.3 is 0 Å². The van der Waals surface area contributed by atoms with Crippen LogP contribution in [0.15, 0.2) is 35.7 Å². The van der Waals surface area contributed by atoms with E-state index in [0.29, 0.717) is 16.6 Å². The molecule has 2 heterocycles. The third-order valence-electron chi connectivity index (χ3n) is 2.91. The van der Waals surface area contributed by atoms with Crippen molar-refractivity contribution in [2.75, 3.05) is 11.9 Å².